The second-order valence-corrected chi connectivity index (χ2v) is 16.0. The Labute approximate surface area is 326 Å². The quantitative estimate of drug-likeness (QED) is 0.182. The van der Waals surface area contributed by atoms with Crippen LogP contribution in [0.1, 0.15) is 52.8 Å². The van der Waals surface area contributed by atoms with Crippen molar-refractivity contribution in [3.63, 3.8) is 0 Å². The molecule has 12 rings (SSSR count). The molecule has 1 spiro atoms. The van der Waals surface area contributed by atoms with Gasteiger partial charge in [-0.3, -0.25) is 0 Å². The number of ether oxygens (including phenoxy) is 1. The first kappa shape index (κ1) is 31.5. The molecule has 0 N–H and O–H groups in total. The fraction of sp³-hybridized carbons (Fsp3) is 0.0943. The van der Waals surface area contributed by atoms with Gasteiger partial charge in [-0.05, 0) is 106 Å². The van der Waals surface area contributed by atoms with Crippen molar-refractivity contribution in [1.82, 2.24) is 0 Å². The lowest BCUT2D eigenvalue weighted by Gasteiger charge is -2.40. The largest absolute Gasteiger partial charge is 0.457 e. The number of anilines is 3. The highest BCUT2D eigenvalue weighted by atomic mass is 16.5. The van der Waals surface area contributed by atoms with Crippen LogP contribution < -0.4 is 9.64 Å². The van der Waals surface area contributed by atoms with Gasteiger partial charge >= 0.3 is 0 Å². The van der Waals surface area contributed by atoms with E-state index in [4.69, 9.17) is 9.15 Å². The molecule has 0 atom stereocenters. The average molecular weight is 720 g/mol. The SMILES string of the molecule is Cc1c(N(c2ccc3c(c2)C2(c4ccccc4O3)c3ccccc3-c3ccccc32)c2cccc3oc4ccccc4c23)ccc2c1C(C)(C)c1ccccc1-2. The summed E-state index contributed by atoms with van der Waals surface area (Å²) in [6.07, 6.45) is 0. The predicted octanol–water partition coefficient (Wildman–Crippen LogP) is 14.1. The maximum Gasteiger partial charge on any atom is 0.137 e. The Morgan fingerprint density at radius 1 is 0.464 bits per heavy atom. The monoisotopic (exact) mass is 719 g/mol. The number of benzene rings is 8. The number of rotatable bonds is 3. The van der Waals surface area contributed by atoms with Gasteiger partial charge in [-0.15, -0.1) is 0 Å². The Kier molecular flexibility index (Phi) is 6.25. The first-order valence-electron chi connectivity index (χ1n) is 19.5. The van der Waals surface area contributed by atoms with Crippen molar-refractivity contribution in [3.05, 3.63) is 209 Å². The molecule has 0 unspecified atom stereocenters. The number of fused-ring (bicyclic) bond motifs is 15. The molecular formula is C53H37NO2. The lowest BCUT2D eigenvalue weighted by atomic mass is 9.66. The highest BCUT2D eigenvalue weighted by molar-refractivity contribution is 6.13. The van der Waals surface area contributed by atoms with Gasteiger partial charge in [-0.1, -0.05) is 135 Å². The lowest BCUT2D eigenvalue weighted by Crippen LogP contribution is -2.32. The van der Waals surface area contributed by atoms with Crippen LogP contribution in [-0.2, 0) is 10.8 Å². The lowest BCUT2D eigenvalue weighted by molar-refractivity contribution is 0.436. The minimum atomic E-state index is -0.579. The van der Waals surface area contributed by atoms with E-state index in [1.807, 2.05) is 6.07 Å². The Morgan fingerprint density at radius 3 is 1.84 bits per heavy atom. The van der Waals surface area contributed by atoms with Gasteiger partial charge in [-0.2, -0.15) is 0 Å². The molecule has 2 heterocycles. The van der Waals surface area contributed by atoms with Crippen molar-refractivity contribution < 1.29 is 9.15 Å². The van der Waals surface area contributed by atoms with Crippen LogP contribution in [0.2, 0.25) is 0 Å². The van der Waals surface area contributed by atoms with Crippen LogP contribution in [0.5, 0.6) is 11.5 Å². The van der Waals surface area contributed by atoms with Crippen molar-refractivity contribution in [3.8, 4) is 33.8 Å². The molecule has 0 bridgehead atoms. The van der Waals surface area contributed by atoms with Crippen LogP contribution >= 0.6 is 0 Å². The van der Waals surface area contributed by atoms with Gasteiger partial charge in [0.1, 0.15) is 22.7 Å². The molecule has 266 valence electrons. The Balaban J connectivity index is 1.18. The minimum Gasteiger partial charge on any atom is -0.457 e. The van der Waals surface area contributed by atoms with E-state index in [9.17, 15) is 0 Å². The molecule has 0 saturated heterocycles. The third-order valence-electron chi connectivity index (χ3n) is 12.9. The second-order valence-electron chi connectivity index (χ2n) is 16.0. The maximum absolute atomic E-state index is 6.87. The fourth-order valence-corrected chi connectivity index (χ4v) is 10.7. The van der Waals surface area contributed by atoms with Crippen LogP contribution in [0.4, 0.5) is 17.1 Å². The summed E-state index contributed by atoms with van der Waals surface area (Å²) in [5, 5.41) is 2.19. The maximum atomic E-state index is 6.87. The molecular weight excluding hydrogens is 683 g/mol. The normalized spacial score (nSPS) is 14.8. The molecule has 1 aromatic heterocycles. The minimum absolute atomic E-state index is 0.166. The van der Waals surface area contributed by atoms with E-state index >= 15 is 0 Å². The van der Waals surface area contributed by atoms with E-state index in [1.54, 1.807) is 0 Å². The molecule has 9 aromatic rings. The summed E-state index contributed by atoms with van der Waals surface area (Å²) in [4.78, 5) is 2.47. The van der Waals surface area contributed by atoms with Gasteiger partial charge in [0.25, 0.3) is 0 Å². The molecule has 2 aliphatic carbocycles. The number of nitrogens with zero attached hydrogens (tertiary/aromatic N) is 1. The summed E-state index contributed by atoms with van der Waals surface area (Å²) in [6, 6.07) is 61.7. The molecule has 3 nitrogen and oxygen atoms in total. The van der Waals surface area contributed by atoms with Crippen LogP contribution in [0.25, 0.3) is 44.2 Å². The molecule has 8 aromatic carbocycles. The molecule has 0 fully saturated rings. The summed E-state index contributed by atoms with van der Waals surface area (Å²) < 4.78 is 13.4. The molecule has 0 saturated carbocycles. The zero-order chi connectivity index (χ0) is 37.3. The Hall–Kier alpha value is -6.84. The predicted molar refractivity (Wildman–Crippen MR) is 228 cm³/mol. The average Bonchev–Trinajstić information content (AvgIpc) is 3.84. The zero-order valence-corrected chi connectivity index (χ0v) is 31.4. The Morgan fingerprint density at radius 2 is 1.07 bits per heavy atom. The van der Waals surface area contributed by atoms with Crippen molar-refractivity contribution >= 4 is 39.0 Å². The van der Waals surface area contributed by atoms with Crippen LogP contribution in [0.15, 0.2) is 174 Å². The van der Waals surface area contributed by atoms with E-state index in [0.29, 0.717) is 0 Å². The molecule has 3 aliphatic rings. The highest BCUT2D eigenvalue weighted by Gasteiger charge is 2.51. The summed E-state index contributed by atoms with van der Waals surface area (Å²) >= 11 is 0. The van der Waals surface area contributed by atoms with E-state index < -0.39 is 5.41 Å². The van der Waals surface area contributed by atoms with Crippen LogP contribution in [0, 0.1) is 6.92 Å². The summed E-state index contributed by atoms with van der Waals surface area (Å²) in [6.45, 7) is 7.05. The zero-order valence-electron chi connectivity index (χ0n) is 31.4. The van der Waals surface area contributed by atoms with Gasteiger partial charge < -0.3 is 14.1 Å². The standard InChI is InChI=1S/C53H37NO2/c1-32-44(29-28-37-36-17-4-8-19-39(36)52(2,3)51(32)37)54(45-23-14-26-49-50(45)38-18-7-12-24-46(38)55-49)33-27-30-48-43(31-33)53(42-22-11-13-25-47(42)56-48)40-20-9-5-15-34(40)35-16-6-10-21-41(35)53/h4-31H,1-3H3. The van der Waals surface area contributed by atoms with E-state index in [1.165, 1.54) is 50.1 Å². The highest BCUT2D eigenvalue weighted by Crippen LogP contribution is 2.63. The summed E-state index contributed by atoms with van der Waals surface area (Å²) in [5.74, 6) is 1.76. The van der Waals surface area contributed by atoms with E-state index in [2.05, 4.69) is 189 Å². The topological polar surface area (TPSA) is 25.6 Å². The molecule has 0 radical (unpaired) electrons. The third-order valence-corrected chi connectivity index (χ3v) is 12.9. The Bertz CT molecular complexity index is 3080. The molecule has 0 amide bonds. The molecule has 3 heteroatoms. The van der Waals surface area contributed by atoms with Gasteiger partial charge in [-0.25, -0.2) is 0 Å². The number of furan rings is 1. The smallest absolute Gasteiger partial charge is 0.137 e. The van der Waals surface area contributed by atoms with Gasteiger partial charge in [0.05, 0.1) is 16.5 Å². The second kappa shape index (κ2) is 11.1. The third kappa shape index (κ3) is 3.92. The summed E-state index contributed by atoms with van der Waals surface area (Å²) in [7, 11) is 0. The first-order valence-corrected chi connectivity index (χ1v) is 19.5. The van der Waals surface area contributed by atoms with Crippen LogP contribution in [-0.4, -0.2) is 0 Å². The molecule has 56 heavy (non-hydrogen) atoms. The van der Waals surface area contributed by atoms with Gasteiger partial charge in [0, 0.05) is 33.3 Å². The number of hydrogen-bond acceptors (Lipinski definition) is 3. The fourth-order valence-electron chi connectivity index (χ4n) is 10.7. The van der Waals surface area contributed by atoms with Crippen molar-refractivity contribution in [2.45, 2.75) is 31.6 Å². The first-order chi connectivity index (χ1) is 27.5. The van der Waals surface area contributed by atoms with Gasteiger partial charge in [0.15, 0.2) is 0 Å². The van der Waals surface area contributed by atoms with Crippen molar-refractivity contribution in [2.24, 2.45) is 0 Å². The van der Waals surface area contributed by atoms with E-state index in [0.717, 1.165) is 61.6 Å². The van der Waals surface area contributed by atoms with Crippen molar-refractivity contribution in [2.75, 3.05) is 4.90 Å². The summed E-state index contributed by atoms with van der Waals surface area (Å²) in [5.41, 5.74) is 18.3. The number of hydrogen-bond donors (Lipinski definition) is 0. The van der Waals surface area contributed by atoms with E-state index in [-0.39, 0.29) is 5.41 Å². The van der Waals surface area contributed by atoms with Gasteiger partial charge in [0.2, 0.25) is 0 Å². The van der Waals surface area contributed by atoms with Crippen LogP contribution in [0.3, 0.4) is 0 Å². The van der Waals surface area contributed by atoms with Crippen molar-refractivity contribution in [1.29, 1.82) is 0 Å². The number of para-hydroxylation sites is 2. The molecule has 1 aliphatic heterocycles.